The van der Waals surface area contributed by atoms with E-state index >= 15 is 0 Å². The van der Waals surface area contributed by atoms with Crippen LogP contribution >= 0.6 is 11.6 Å². The standard InChI is InChI=1S/C12H12ClN3O/c1-2-16-7-6-14-11(16)8-10(17)12-9(13)4-3-5-15-12/h3-7H,2,8H2,1H3. The van der Waals surface area contributed by atoms with Gasteiger partial charge in [0.2, 0.25) is 0 Å². The average molecular weight is 250 g/mol. The highest BCUT2D eigenvalue weighted by Gasteiger charge is 2.14. The Morgan fingerprint density at radius 3 is 2.94 bits per heavy atom. The zero-order valence-corrected chi connectivity index (χ0v) is 10.2. The number of Topliss-reactive ketones (excluding diaryl/α,β-unsaturated/α-hetero) is 1. The van der Waals surface area contributed by atoms with Crippen LogP contribution in [0.5, 0.6) is 0 Å². The summed E-state index contributed by atoms with van der Waals surface area (Å²) in [5, 5.41) is 0.382. The summed E-state index contributed by atoms with van der Waals surface area (Å²) < 4.78 is 1.93. The van der Waals surface area contributed by atoms with E-state index in [9.17, 15) is 4.79 Å². The van der Waals surface area contributed by atoms with Crippen molar-refractivity contribution in [2.75, 3.05) is 0 Å². The van der Waals surface area contributed by atoms with Gasteiger partial charge in [0, 0.05) is 25.1 Å². The van der Waals surface area contributed by atoms with Crippen LogP contribution < -0.4 is 0 Å². The molecule has 0 fully saturated rings. The number of halogens is 1. The molecule has 0 aliphatic rings. The largest absolute Gasteiger partial charge is 0.335 e. The van der Waals surface area contributed by atoms with Gasteiger partial charge in [0.1, 0.15) is 11.5 Å². The third-order valence-corrected chi connectivity index (χ3v) is 2.79. The summed E-state index contributed by atoms with van der Waals surface area (Å²) in [6, 6.07) is 3.36. The number of imidazole rings is 1. The first-order valence-electron chi connectivity index (χ1n) is 5.36. The Balaban J connectivity index is 2.20. The van der Waals surface area contributed by atoms with Crippen molar-refractivity contribution in [1.29, 1.82) is 0 Å². The van der Waals surface area contributed by atoms with E-state index < -0.39 is 0 Å². The summed E-state index contributed by atoms with van der Waals surface area (Å²) in [5.41, 5.74) is 0.305. The first-order chi connectivity index (χ1) is 8.22. The fraction of sp³-hybridized carbons (Fsp3) is 0.250. The van der Waals surface area contributed by atoms with Gasteiger partial charge in [0.05, 0.1) is 11.4 Å². The fourth-order valence-corrected chi connectivity index (χ4v) is 1.84. The van der Waals surface area contributed by atoms with Gasteiger partial charge in [0.25, 0.3) is 0 Å². The lowest BCUT2D eigenvalue weighted by atomic mass is 10.2. The molecule has 0 unspecified atom stereocenters. The minimum Gasteiger partial charge on any atom is -0.335 e. The number of nitrogens with zero attached hydrogens (tertiary/aromatic N) is 3. The van der Waals surface area contributed by atoms with Crippen LogP contribution in [0, 0.1) is 0 Å². The van der Waals surface area contributed by atoms with E-state index in [1.54, 1.807) is 24.5 Å². The van der Waals surface area contributed by atoms with Crippen LogP contribution in [0.1, 0.15) is 23.2 Å². The number of aryl methyl sites for hydroxylation is 1. The fourth-order valence-electron chi connectivity index (χ4n) is 1.61. The smallest absolute Gasteiger partial charge is 0.190 e. The highest BCUT2D eigenvalue weighted by molar-refractivity contribution is 6.33. The van der Waals surface area contributed by atoms with Gasteiger partial charge in [-0.15, -0.1) is 0 Å². The van der Waals surface area contributed by atoms with Gasteiger partial charge in [-0.05, 0) is 19.1 Å². The summed E-state index contributed by atoms with van der Waals surface area (Å²) in [7, 11) is 0. The molecule has 0 aliphatic heterocycles. The number of rotatable bonds is 4. The van der Waals surface area contributed by atoms with Gasteiger partial charge in [-0.25, -0.2) is 4.98 Å². The van der Waals surface area contributed by atoms with Crippen LogP contribution in [-0.2, 0) is 13.0 Å². The molecule has 5 heteroatoms. The van der Waals surface area contributed by atoms with E-state index in [0.29, 0.717) is 10.7 Å². The molecule has 2 heterocycles. The minimum atomic E-state index is -0.114. The Morgan fingerprint density at radius 2 is 2.24 bits per heavy atom. The predicted octanol–water partition coefficient (Wildman–Crippen LogP) is 2.38. The molecule has 88 valence electrons. The number of hydrogen-bond acceptors (Lipinski definition) is 3. The molecule has 4 nitrogen and oxygen atoms in total. The molecule has 0 radical (unpaired) electrons. The average Bonchev–Trinajstić information content (AvgIpc) is 2.76. The van der Waals surface area contributed by atoms with E-state index in [1.165, 1.54) is 0 Å². The van der Waals surface area contributed by atoms with Gasteiger partial charge >= 0.3 is 0 Å². The number of hydrogen-bond donors (Lipinski definition) is 0. The normalized spacial score (nSPS) is 10.5. The van der Waals surface area contributed by atoms with Crippen molar-refractivity contribution < 1.29 is 4.79 Å². The number of aromatic nitrogens is 3. The van der Waals surface area contributed by atoms with Crippen molar-refractivity contribution >= 4 is 17.4 Å². The van der Waals surface area contributed by atoms with Gasteiger partial charge in [0.15, 0.2) is 5.78 Å². The molecule has 0 aromatic carbocycles. The maximum absolute atomic E-state index is 12.0. The topological polar surface area (TPSA) is 47.8 Å². The molecule has 17 heavy (non-hydrogen) atoms. The molecular formula is C12H12ClN3O. The van der Waals surface area contributed by atoms with Crippen molar-refractivity contribution in [1.82, 2.24) is 14.5 Å². The van der Waals surface area contributed by atoms with Gasteiger partial charge < -0.3 is 4.57 Å². The molecule has 0 saturated carbocycles. The highest BCUT2D eigenvalue weighted by Crippen LogP contribution is 2.14. The molecule has 0 amide bonds. The maximum Gasteiger partial charge on any atom is 0.190 e. The second-order valence-electron chi connectivity index (χ2n) is 3.56. The minimum absolute atomic E-state index is 0.114. The summed E-state index contributed by atoms with van der Waals surface area (Å²) in [4.78, 5) is 20.1. The van der Waals surface area contributed by atoms with Gasteiger partial charge in [-0.1, -0.05) is 11.6 Å². The summed E-state index contributed by atoms with van der Waals surface area (Å²) in [6.07, 6.45) is 5.32. The second kappa shape index (κ2) is 5.10. The molecule has 0 atom stereocenters. The van der Waals surface area contributed by atoms with Crippen LogP contribution in [-0.4, -0.2) is 20.3 Å². The van der Waals surface area contributed by atoms with Crippen LogP contribution in [0.4, 0.5) is 0 Å². The summed E-state index contributed by atoms with van der Waals surface area (Å²) in [5.74, 6) is 0.621. The van der Waals surface area contributed by atoms with Crippen LogP contribution in [0.2, 0.25) is 5.02 Å². The highest BCUT2D eigenvalue weighted by atomic mass is 35.5. The van der Waals surface area contributed by atoms with E-state index in [-0.39, 0.29) is 12.2 Å². The van der Waals surface area contributed by atoms with Crippen molar-refractivity contribution in [2.24, 2.45) is 0 Å². The summed E-state index contributed by atoms with van der Waals surface area (Å²) >= 11 is 5.92. The SMILES string of the molecule is CCn1ccnc1CC(=O)c1ncccc1Cl. The van der Waals surface area contributed by atoms with E-state index in [4.69, 9.17) is 11.6 Å². The maximum atomic E-state index is 12.0. The van der Waals surface area contributed by atoms with Crippen LogP contribution in [0.25, 0.3) is 0 Å². The molecule has 2 aromatic heterocycles. The third-order valence-electron chi connectivity index (χ3n) is 2.48. The Bertz CT molecular complexity index is 536. The van der Waals surface area contributed by atoms with Crippen molar-refractivity contribution in [3.8, 4) is 0 Å². The van der Waals surface area contributed by atoms with Crippen molar-refractivity contribution in [3.05, 3.63) is 47.3 Å². The van der Waals surface area contributed by atoms with Crippen LogP contribution in [0.3, 0.4) is 0 Å². The molecule has 0 spiro atoms. The molecule has 0 aliphatic carbocycles. The van der Waals surface area contributed by atoms with Gasteiger partial charge in [-0.3, -0.25) is 9.78 Å². The zero-order chi connectivity index (χ0) is 12.3. The number of carbonyl (C=O) groups excluding carboxylic acids is 1. The van der Waals surface area contributed by atoms with Crippen LogP contribution in [0.15, 0.2) is 30.7 Å². The first-order valence-corrected chi connectivity index (χ1v) is 5.74. The Morgan fingerprint density at radius 1 is 1.41 bits per heavy atom. The molecule has 0 bridgehead atoms. The quantitative estimate of drug-likeness (QED) is 0.782. The third kappa shape index (κ3) is 2.53. The number of pyridine rings is 1. The van der Waals surface area contributed by atoms with Crippen molar-refractivity contribution in [2.45, 2.75) is 19.9 Å². The lowest BCUT2D eigenvalue weighted by Crippen LogP contribution is -2.11. The molecular weight excluding hydrogens is 238 g/mol. The van der Waals surface area contributed by atoms with E-state index in [2.05, 4.69) is 9.97 Å². The summed E-state index contributed by atoms with van der Waals surface area (Å²) in [6.45, 7) is 2.79. The first kappa shape index (κ1) is 11.8. The number of carbonyl (C=O) groups is 1. The zero-order valence-electron chi connectivity index (χ0n) is 9.43. The molecule has 2 rings (SSSR count). The lowest BCUT2D eigenvalue weighted by Gasteiger charge is -2.04. The van der Waals surface area contributed by atoms with Gasteiger partial charge in [-0.2, -0.15) is 0 Å². The molecule has 2 aromatic rings. The molecule has 0 N–H and O–H groups in total. The predicted molar refractivity (Wildman–Crippen MR) is 65.2 cm³/mol. The Hall–Kier alpha value is -1.68. The number of ketones is 1. The van der Waals surface area contributed by atoms with E-state index in [1.807, 2.05) is 17.7 Å². The van der Waals surface area contributed by atoms with E-state index in [0.717, 1.165) is 12.4 Å². The second-order valence-corrected chi connectivity index (χ2v) is 3.97. The lowest BCUT2D eigenvalue weighted by molar-refractivity contribution is 0.0985. The molecule has 0 saturated heterocycles. The Labute approximate surface area is 104 Å². The Kier molecular flexibility index (Phi) is 3.54. The monoisotopic (exact) mass is 249 g/mol. The van der Waals surface area contributed by atoms with Crippen molar-refractivity contribution in [3.63, 3.8) is 0 Å².